The van der Waals surface area contributed by atoms with Gasteiger partial charge in [0.25, 0.3) is 5.56 Å². The van der Waals surface area contributed by atoms with E-state index in [1.807, 2.05) is 55.5 Å². The maximum absolute atomic E-state index is 13.0. The zero-order valence-electron chi connectivity index (χ0n) is 12.0. The SMILES string of the molecule is CC1Cc2c(c3ccc(Cl)cc3n(-c3ccccc3)c2=O)O1. The number of ether oxygens (including phenoxy) is 1. The average Bonchev–Trinajstić information content (AvgIpc) is 2.90. The second-order valence-electron chi connectivity index (χ2n) is 5.58. The third kappa shape index (κ3) is 1.93. The van der Waals surface area contributed by atoms with Gasteiger partial charge in [-0.3, -0.25) is 9.36 Å². The fraction of sp³-hybridized carbons (Fsp3) is 0.167. The summed E-state index contributed by atoms with van der Waals surface area (Å²) in [5.74, 6) is 0.705. The van der Waals surface area contributed by atoms with E-state index in [4.69, 9.17) is 16.3 Å². The molecule has 0 spiro atoms. The van der Waals surface area contributed by atoms with Crippen LogP contribution in [0.15, 0.2) is 53.3 Å². The first-order valence-corrected chi connectivity index (χ1v) is 7.62. The molecule has 0 radical (unpaired) electrons. The van der Waals surface area contributed by atoms with E-state index in [0.29, 0.717) is 17.2 Å². The van der Waals surface area contributed by atoms with Gasteiger partial charge in [0.2, 0.25) is 0 Å². The number of hydrogen-bond donors (Lipinski definition) is 0. The van der Waals surface area contributed by atoms with Crippen LogP contribution in [0.5, 0.6) is 5.75 Å². The molecule has 0 aliphatic carbocycles. The molecule has 4 rings (SSSR count). The monoisotopic (exact) mass is 311 g/mol. The van der Waals surface area contributed by atoms with E-state index in [9.17, 15) is 4.79 Å². The summed E-state index contributed by atoms with van der Waals surface area (Å²) < 4.78 is 7.60. The molecule has 3 nitrogen and oxygen atoms in total. The van der Waals surface area contributed by atoms with Crippen molar-refractivity contribution >= 4 is 22.5 Å². The molecular weight excluding hydrogens is 298 g/mol. The molecule has 0 bridgehead atoms. The Morgan fingerprint density at radius 2 is 1.95 bits per heavy atom. The second kappa shape index (κ2) is 4.89. The van der Waals surface area contributed by atoms with Crippen LogP contribution >= 0.6 is 11.6 Å². The molecule has 3 aromatic rings. The Morgan fingerprint density at radius 3 is 2.73 bits per heavy atom. The van der Waals surface area contributed by atoms with Crippen molar-refractivity contribution in [2.75, 3.05) is 0 Å². The predicted molar refractivity (Wildman–Crippen MR) is 88.3 cm³/mol. The van der Waals surface area contributed by atoms with Gasteiger partial charge in [0, 0.05) is 22.5 Å². The van der Waals surface area contributed by atoms with Crippen molar-refractivity contribution in [1.82, 2.24) is 4.57 Å². The Morgan fingerprint density at radius 1 is 1.18 bits per heavy atom. The maximum atomic E-state index is 13.0. The smallest absolute Gasteiger partial charge is 0.262 e. The number of nitrogens with zero attached hydrogens (tertiary/aromatic N) is 1. The van der Waals surface area contributed by atoms with E-state index in [-0.39, 0.29) is 11.7 Å². The van der Waals surface area contributed by atoms with Crippen LogP contribution in [-0.2, 0) is 6.42 Å². The summed E-state index contributed by atoms with van der Waals surface area (Å²) in [6.07, 6.45) is 0.660. The number of para-hydroxylation sites is 1. The summed E-state index contributed by atoms with van der Waals surface area (Å²) in [6.45, 7) is 1.98. The Bertz CT molecular complexity index is 931. The quantitative estimate of drug-likeness (QED) is 0.681. The second-order valence-corrected chi connectivity index (χ2v) is 6.01. The van der Waals surface area contributed by atoms with Crippen molar-refractivity contribution in [1.29, 1.82) is 0 Å². The summed E-state index contributed by atoms with van der Waals surface area (Å²) >= 11 is 6.15. The number of aromatic nitrogens is 1. The van der Waals surface area contributed by atoms with Gasteiger partial charge in [0.1, 0.15) is 11.9 Å². The number of benzene rings is 2. The molecule has 1 aromatic heterocycles. The molecule has 22 heavy (non-hydrogen) atoms. The zero-order valence-corrected chi connectivity index (χ0v) is 12.8. The third-order valence-electron chi connectivity index (χ3n) is 4.01. The molecule has 4 heteroatoms. The Kier molecular flexibility index (Phi) is 2.98. The molecule has 1 aliphatic heterocycles. The number of hydrogen-bond acceptors (Lipinski definition) is 2. The predicted octanol–water partition coefficient (Wildman–Crippen LogP) is 3.97. The zero-order chi connectivity index (χ0) is 15.3. The first-order valence-electron chi connectivity index (χ1n) is 7.24. The number of halogens is 1. The van der Waals surface area contributed by atoms with Gasteiger partial charge in [-0.25, -0.2) is 0 Å². The molecule has 0 amide bonds. The highest BCUT2D eigenvalue weighted by atomic mass is 35.5. The molecule has 0 saturated heterocycles. The van der Waals surface area contributed by atoms with Crippen molar-refractivity contribution in [2.45, 2.75) is 19.4 Å². The molecule has 2 aromatic carbocycles. The van der Waals surface area contributed by atoms with E-state index < -0.39 is 0 Å². The lowest BCUT2D eigenvalue weighted by Crippen LogP contribution is -2.22. The summed E-state index contributed by atoms with van der Waals surface area (Å²) in [5, 5.41) is 1.52. The number of pyridine rings is 1. The van der Waals surface area contributed by atoms with Crippen LogP contribution in [0.3, 0.4) is 0 Å². The van der Waals surface area contributed by atoms with Crippen molar-refractivity contribution in [3.8, 4) is 11.4 Å². The average molecular weight is 312 g/mol. The molecule has 1 aliphatic rings. The maximum Gasteiger partial charge on any atom is 0.262 e. The van der Waals surface area contributed by atoms with Crippen LogP contribution in [0.4, 0.5) is 0 Å². The molecule has 0 N–H and O–H groups in total. The summed E-state index contributed by atoms with van der Waals surface area (Å²) in [7, 11) is 0. The number of rotatable bonds is 1. The Labute approximate surface area is 132 Å². The van der Waals surface area contributed by atoms with Gasteiger partial charge in [-0.05, 0) is 37.3 Å². The minimum Gasteiger partial charge on any atom is -0.489 e. The summed E-state index contributed by atoms with van der Waals surface area (Å²) in [5.41, 5.74) is 2.32. The fourth-order valence-electron chi connectivity index (χ4n) is 3.06. The molecular formula is C18H14ClNO2. The molecule has 110 valence electrons. The van der Waals surface area contributed by atoms with E-state index in [0.717, 1.165) is 22.2 Å². The van der Waals surface area contributed by atoms with E-state index in [1.165, 1.54) is 0 Å². The summed E-state index contributed by atoms with van der Waals surface area (Å²) in [6, 6.07) is 15.2. The Hall–Kier alpha value is -2.26. The van der Waals surface area contributed by atoms with Crippen LogP contribution in [0.2, 0.25) is 5.02 Å². The van der Waals surface area contributed by atoms with Crippen LogP contribution in [0.1, 0.15) is 12.5 Å². The minimum atomic E-state index is -0.0275. The largest absolute Gasteiger partial charge is 0.489 e. The van der Waals surface area contributed by atoms with Crippen LogP contribution in [-0.4, -0.2) is 10.7 Å². The van der Waals surface area contributed by atoms with Crippen LogP contribution in [0.25, 0.3) is 16.6 Å². The first kappa shape index (κ1) is 13.4. The fourth-order valence-corrected chi connectivity index (χ4v) is 3.23. The van der Waals surface area contributed by atoms with Crippen molar-refractivity contribution < 1.29 is 4.74 Å². The van der Waals surface area contributed by atoms with Crippen LogP contribution in [0, 0.1) is 0 Å². The highest BCUT2D eigenvalue weighted by molar-refractivity contribution is 6.31. The topological polar surface area (TPSA) is 31.2 Å². The molecule has 0 fully saturated rings. The van der Waals surface area contributed by atoms with Crippen molar-refractivity contribution in [3.05, 3.63) is 69.5 Å². The lowest BCUT2D eigenvalue weighted by Gasteiger charge is -2.14. The normalized spacial score (nSPS) is 16.5. The van der Waals surface area contributed by atoms with Gasteiger partial charge in [-0.2, -0.15) is 0 Å². The molecule has 1 atom stereocenters. The van der Waals surface area contributed by atoms with Crippen molar-refractivity contribution in [3.63, 3.8) is 0 Å². The highest BCUT2D eigenvalue weighted by Gasteiger charge is 2.27. The minimum absolute atomic E-state index is 0.0215. The number of fused-ring (bicyclic) bond motifs is 3. The molecule has 2 heterocycles. The lowest BCUT2D eigenvalue weighted by molar-refractivity contribution is 0.257. The standard InChI is InChI=1S/C18H14ClNO2/c1-11-9-15-17(22-11)14-8-7-12(19)10-16(14)20(18(15)21)13-5-3-2-4-6-13/h2-8,10-11H,9H2,1H3. The highest BCUT2D eigenvalue weighted by Crippen LogP contribution is 2.35. The molecule has 1 unspecified atom stereocenters. The van der Waals surface area contributed by atoms with Gasteiger partial charge in [0.05, 0.1) is 11.1 Å². The Balaban J connectivity index is 2.17. The molecule has 0 saturated carbocycles. The van der Waals surface area contributed by atoms with E-state index in [2.05, 4.69) is 0 Å². The van der Waals surface area contributed by atoms with Gasteiger partial charge in [0.15, 0.2) is 0 Å². The third-order valence-corrected chi connectivity index (χ3v) is 4.24. The summed E-state index contributed by atoms with van der Waals surface area (Å²) in [4.78, 5) is 13.0. The van der Waals surface area contributed by atoms with Gasteiger partial charge in [-0.15, -0.1) is 0 Å². The van der Waals surface area contributed by atoms with Gasteiger partial charge in [-0.1, -0.05) is 29.8 Å². The van der Waals surface area contributed by atoms with Gasteiger partial charge < -0.3 is 4.74 Å². The van der Waals surface area contributed by atoms with E-state index >= 15 is 0 Å². The first-order chi connectivity index (χ1) is 10.6. The lowest BCUT2D eigenvalue weighted by atomic mass is 10.1. The van der Waals surface area contributed by atoms with Gasteiger partial charge >= 0.3 is 0 Å². The van der Waals surface area contributed by atoms with E-state index in [1.54, 1.807) is 4.57 Å². The van der Waals surface area contributed by atoms with Crippen LogP contribution < -0.4 is 10.3 Å². The van der Waals surface area contributed by atoms with Crippen molar-refractivity contribution in [2.24, 2.45) is 0 Å².